The Labute approximate surface area is 143 Å². The molecule has 23 heavy (non-hydrogen) atoms. The van der Waals surface area contributed by atoms with Gasteiger partial charge in [0, 0.05) is 23.7 Å². The maximum Gasteiger partial charge on any atom is 0.120 e. The topological polar surface area (TPSA) is 33.3 Å². The van der Waals surface area contributed by atoms with Gasteiger partial charge in [0.2, 0.25) is 0 Å². The van der Waals surface area contributed by atoms with Gasteiger partial charge in [0.1, 0.15) is 5.75 Å². The molecule has 0 aromatic heterocycles. The van der Waals surface area contributed by atoms with Crippen LogP contribution in [0.25, 0.3) is 0 Å². The number of nitrogens with one attached hydrogen (secondary N) is 2. The Morgan fingerprint density at radius 2 is 2.04 bits per heavy atom. The SMILES string of the molecule is COc1cc(Cl)cc(CN[C@H]2CCCN[C@H]2c2ccccc2)c1. The maximum absolute atomic E-state index is 6.15. The van der Waals surface area contributed by atoms with Crippen molar-refractivity contribution < 1.29 is 4.74 Å². The van der Waals surface area contributed by atoms with Crippen LogP contribution in [-0.4, -0.2) is 19.7 Å². The number of hydrogen-bond donors (Lipinski definition) is 2. The quantitative estimate of drug-likeness (QED) is 0.871. The third kappa shape index (κ3) is 4.25. The van der Waals surface area contributed by atoms with Crippen molar-refractivity contribution in [3.63, 3.8) is 0 Å². The summed E-state index contributed by atoms with van der Waals surface area (Å²) in [5.41, 5.74) is 2.49. The predicted molar refractivity (Wildman–Crippen MR) is 95.1 cm³/mol. The molecular weight excluding hydrogens is 308 g/mol. The highest BCUT2D eigenvalue weighted by molar-refractivity contribution is 6.30. The van der Waals surface area contributed by atoms with Crippen LogP contribution >= 0.6 is 11.6 Å². The van der Waals surface area contributed by atoms with Gasteiger partial charge in [-0.1, -0.05) is 41.9 Å². The molecule has 0 aliphatic carbocycles. The zero-order chi connectivity index (χ0) is 16.1. The van der Waals surface area contributed by atoms with Gasteiger partial charge < -0.3 is 15.4 Å². The fourth-order valence-corrected chi connectivity index (χ4v) is 3.46. The summed E-state index contributed by atoms with van der Waals surface area (Å²) in [5, 5.41) is 8.04. The van der Waals surface area contributed by atoms with Crippen LogP contribution in [-0.2, 0) is 6.54 Å². The van der Waals surface area contributed by atoms with E-state index in [4.69, 9.17) is 16.3 Å². The predicted octanol–water partition coefficient (Wildman–Crippen LogP) is 3.93. The van der Waals surface area contributed by atoms with Crippen molar-refractivity contribution in [2.75, 3.05) is 13.7 Å². The van der Waals surface area contributed by atoms with Gasteiger partial charge in [0.15, 0.2) is 0 Å². The fourth-order valence-electron chi connectivity index (χ4n) is 3.21. The Balaban J connectivity index is 1.69. The molecule has 4 heteroatoms. The van der Waals surface area contributed by atoms with Crippen molar-refractivity contribution in [2.24, 2.45) is 0 Å². The standard InChI is InChI=1S/C19H23ClN2O/c1-23-17-11-14(10-16(20)12-17)13-22-18-8-5-9-21-19(18)15-6-3-2-4-7-15/h2-4,6-7,10-12,18-19,21-22H,5,8-9,13H2,1H3/t18-,19-/m0/s1. The number of rotatable bonds is 5. The second-order valence-corrected chi connectivity index (χ2v) is 6.41. The first-order valence-corrected chi connectivity index (χ1v) is 8.49. The number of ether oxygens (including phenoxy) is 1. The average molecular weight is 331 g/mol. The number of piperidine rings is 1. The molecule has 3 rings (SSSR count). The molecule has 0 bridgehead atoms. The minimum atomic E-state index is 0.353. The monoisotopic (exact) mass is 330 g/mol. The van der Waals surface area contributed by atoms with Gasteiger partial charge in [0.05, 0.1) is 7.11 Å². The van der Waals surface area contributed by atoms with E-state index in [9.17, 15) is 0 Å². The second kappa shape index (κ2) is 7.82. The molecule has 122 valence electrons. The van der Waals surface area contributed by atoms with Crippen molar-refractivity contribution in [2.45, 2.75) is 31.5 Å². The molecule has 0 saturated carbocycles. The summed E-state index contributed by atoms with van der Waals surface area (Å²) >= 11 is 6.15. The molecule has 0 spiro atoms. The minimum Gasteiger partial charge on any atom is -0.497 e. The van der Waals surface area contributed by atoms with E-state index in [1.807, 2.05) is 18.2 Å². The van der Waals surface area contributed by atoms with Gasteiger partial charge in [-0.05, 0) is 48.7 Å². The number of halogens is 1. The first kappa shape index (κ1) is 16.3. The molecule has 0 radical (unpaired) electrons. The van der Waals surface area contributed by atoms with Crippen LogP contribution in [0.5, 0.6) is 5.75 Å². The molecule has 2 aromatic carbocycles. The van der Waals surface area contributed by atoms with Crippen molar-refractivity contribution >= 4 is 11.6 Å². The van der Waals surface area contributed by atoms with E-state index in [2.05, 4.69) is 41.0 Å². The van der Waals surface area contributed by atoms with Crippen molar-refractivity contribution in [3.8, 4) is 5.75 Å². The highest BCUT2D eigenvalue weighted by Crippen LogP contribution is 2.25. The molecule has 1 aliphatic heterocycles. The number of benzene rings is 2. The van der Waals surface area contributed by atoms with Gasteiger partial charge in [0.25, 0.3) is 0 Å². The highest BCUT2D eigenvalue weighted by atomic mass is 35.5. The summed E-state index contributed by atoms with van der Waals surface area (Å²) in [6, 6.07) is 17.3. The molecule has 0 unspecified atom stereocenters. The van der Waals surface area contributed by atoms with E-state index in [0.29, 0.717) is 17.1 Å². The summed E-state index contributed by atoms with van der Waals surface area (Å²) in [6.45, 7) is 1.86. The van der Waals surface area contributed by atoms with Crippen LogP contribution in [0, 0.1) is 0 Å². The lowest BCUT2D eigenvalue weighted by Crippen LogP contribution is -2.45. The molecule has 1 saturated heterocycles. The van der Waals surface area contributed by atoms with Crippen LogP contribution in [0.2, 0.25) is 5.02 Å². The van der Waals surface area contributed by atoms with Crippen LogP contribution in [0.15, 0.2) is 48.5 Å². The van der Waals surface area contributed by atoms with Crippen LogP contribution in [0.1, 0.15) is 30.0 Å². The Bertz CT molecular complexity index is 633. The number of methoxy groups -OCH3 is 1. The Kier molecular flexibility index (Phi) is 5.55. The molecule has 1 aliphatic rings. The first-order valence-electron chi connectivity index (χ1n) is 8.11. The lowest BCUT2D eigenvalue weighted by Gasteiger charge is -2.34. The third-order valence-electron chi connectivity index (χ3n) is 4.35. The van der Waals surface area contributed by atoms with Crippen LogP contribution < -0.4 is 15.4 Å². The van der Waals surface area contributed by atoms with E-state index in [1.54, 1.807) is 7.11 Å². The molecule has 2 N–H and O–H groups in total. The van der Waals surface area contributed by atoms with E-state index in [-0.39, 0.29) is 0 Å². The van der Waals surface area contributed by atoms with Crippen molar-refractivity contribution in [3.05, 3.63) is 64.7 Å². The molecule has 0 amide bonds. The summed E-state index contributed by atoms with van der Waals surface area (Å²) < 4.78 is 5.29. The third-order valence-corrected chi connectivity index (χ3v) is 4.57. The number of hydrogen-bond acceptors (Lipinski definition) is 3. The fraction of sp³-hybridized carbons (Fsp3) is 0.368. The molecule has 1 fully saturated rings. The molecular formula is C19H23ClN2O. The van der Waals surface area contributed by atoms with E-state index in [0.717, 1.165) is 24.4 Å². The Hall–Kier alpha value is -1.55. The largest absolute Gasteiger partial charge is 0.497 e. The van der Waals surface area contributed by atoms with Gasteiger partial charge >= 0.3 is 0 Å². The molecule has 2 aromatic rings. The molecule has 1 heterocycles. The van der Waals surface area contributed by atoms with Gasteiger partial charge in [-0.2, -0.15) is 0 Å². The lowest BCUT2D eigenvalue weighted by atomic mass is 9.92. The van der Waals surface area contributed by atoms with Gasteiger partial charge in [-0.3, -0.25) is 0 Å². The minimum absolute atomic E-state index is 0.353. The van der Waals surface area contributed by atoms with Crippen molar-refractivity contribution in [1.82, 2.24) is 10.6 Å². The summed E-state index contributed by atoms with van der Waals surface area (Å²) in [4.78, 5) is 0. The maximum atomic E-state index is 6.15. The molecule has 2 atom stereocenters. The summed E-state index contributed by atoms with van der Waals surface area (Å²) in [7, 11) is 1.67. The lowest BCUT2D eigenvalue weighted by molar-refractivity contribution is 0.304. The van der Waals surface area contributed by atoms with Crippen LogP contribution in [0.4, 0.5) is 0 Å². The van der Waals surface area contributed by atoms with E-state index >= 15 is 0 Å². The average Bonchev–Trinajstić information content (AvgIpc) is 2.60. The normalized spacial score (nSPS) is 21.1. The smallest absolute Gasteiger partial charge is 0.120 e. The molecule has 3 nitrogen and oxygen atoms in total. The van der Waals surface area contributed by atoms with E-state index < -0.39 is 0 Å². The second-order valence-electron chi connectivity index (χ2n) is 5.97. The van der Waals surface area contributed by atoms with E-state index in [1.165, 1.54) is 18.4 Å². The first-order chi connectivity index (χ1) is 11.3. The van der Waals surface area contributed by atoms with Gasteiger partial charge in [-0.15, -0.1) is 0 Å². The Morgan fingerprint density at radius 1 is 1.22 bits per heavy atom. The summed E-state index contributed by atoms with van der Waals surface area (Å²) in [6.07, 6.45) is 2.37. The highest BCUT2D eigenvalue weighted by Gasteiger charge is 2.25. The Morgan fingerprint density at radius 3 is 2.83 bits per heavy atom. The van der Waals surface area contributed by atoms with Crippen LogP contribution in [0.3, 0.4) is 0 Å². The summed E-state index contributed by atoms with van der Waals surface area (Å²) in [5.74, 6) is 0.802. The zero-order valence-corrected chi connectivity index (χ0v) is 14.1. The zero-order valence-electron chi connectivity index (χ0n) is 13.4. The van der Waals surface area contributed by atoms with Gasteiger partial charge in [-0.25, -0.2) is 0 Å². The van der Waals surface area contributed by atoms with Crippen molar-refractivity contribution in [1.29, 1.82) is 0 Å².